The second kappa shape index (κ2) is 8.51. The van der Waals surface area contributed by atoms with Gasteiger partial charge in [0.15, 0.2) is 0 Å². The first kappa shape index (κ1) is 19.8. The van der Waals surface area contributed by atoms with E-state index in [0.29, 0.717) is 6.54 Å². The van der Waals surface area contributed by atoms with Crippen LogP contribution in [0.25, 0.3) is 11.4 Å². The van der Waals surface area contributed by atoms with Crippen LogP contribution in [0.2, 0.25) is 0 Å². The van der Waals surface area contributed by atoms with Crippen LogP contribution in [0.15, 0.2) is 67.1 Å². The fourth-order valence-corrected chi connectivity index (χ4v) is 3.53. The maximum absolute atomic E-state index is 13.9. The standard InChI is InChI=1S/C23H24FN5O/c1-16(22-15-27-29(17(22)2)20-6-8-21(30-3)9-7-20)25-14-18-13-19(24)5-10-23(18)28-12-4-11-26-28/h4-13,15-16,25H,14H2,1-3H3/t16-/m0/s1. The van der Waals surface area contributed by atoms with Crippen LogP contribution in [0.5, 0.6) is 5.75 Å². The van der Waals surface area contributed by atoms with E-state index in [1.807, 2.05) is 54.3 Å². The van der Waals surface area contributed by atoms with Crippen LogP contribution in [0.4, 0.5) is 4.39 Å². The Kier molecular flexibility index (Phi) is 5.63. The van der Waals surface area contributed by atoms with E-state index in [0.717, 1.165) is 33.9 Å². The molecule has 4 rings (SSSR count). The lowest BCUT2D eigenvalue weighted by Crippen LogP contribution is -2.20. The molecule has 7 heteroatoms. The summed E-state index contributed by atoms with van der Waals surface area (Å²) in [5.74, 6) is 0.542. The van der Waals surface area contributed by atoms with Crippen LogP contribution in [-0.4, -0.2) is 26.7 Å². The number of rotatable bonds is 7. The van der Waals surface area contributed by atoms with E-state index in [-0.39, 0.29) is 11.9 Å². The fraction of sp³-hybridized carbons (Fsp3) is 0.217. The normalized spacial score (nSPS) is 12.1. The first-order valence-corrected chi connectivity index (χ1v) is 9.77. The Morgan fingerprint density at radius 2 is 1.93 bits per heavy atom. The van der Waals surface area contributed by atoms with E-state index in [1.54, 1.807) is 30.1 Å². The van der Waals surface area contributed by atoms with Crippen molar-refractivity contribution in [3.63, 3.8) is 0 Å². The first-order valence-electron chi connectivity index (χ1n) is 9.77. The van der Waals surface area contributed by atoms with Crippen molar-refractivity contribution in [3.8, 4) is 17.1 Å². The predicted molar refractivity (Wildman–Crippen MR) is 114 cm³/mol. The van der Waals surface area contributed by atoms with Crippen molar-refractivity contribution in [2.24, 2.45) is 0 Å². The first-order chi connectivity index (χ1) is 14.6. The van der Waals surface area contributed by atoms with Gasteiger partial charge >= 0.3 is 0 Å². The minimum atomic E-state index is -0.265. The number of nitrogens with one attached hydrogen (secondary N) is 1. The molecular formula is C23H24FN5O. The van der Waals surface area contributed by atoms with Gasteiger partial charge in [0.2, 0.25) is 0 Å². The molecule has 0 saturated carbocycles. The van der Waals surface area contributed by atoms with Gasteiger partial charge in [0.1, 0.15) is 11.6 Å². The van der Waals surface area contributed by atoms with Gasteiger partial charge in [-0.05, 0) is 67.9 Å². The topological polar surface area (TPSA) is 56.9 Å². The minimum absolute atomic E-state index is 0.0331. The lowest BCUT2D eigenvalue weighted by molar-refractivity contribution is 0.414. The van der Waals surface area contributed by atoms with Crippen LogP contribution in [-0.2, 0) is 6.54 Å². The molecule has 0 fully saturated rings. The number of hydrogen-bond acceptors (Lipinski definition) is 4. The lowest BCUT2D eigenvalue weighted by atomic mass is 10.1. The highest BCUT2D eigenvalue weighted by atomic mass is 19.1. The zero-order valence-corrected chi connectivity index (χ0v) is 17.2. The van der Waals surface area contributed by atoms with E-state index in [4.69, 9.17) is 4.74 Å². The van der Waals surface area contributed by atoms with Gasteiger partial charge in [-0.3, -0.25) is 0 Å². The summed E-state index contributed by atoms with van der Waals surface area (Å²) in [5.41, 5.74) is 4.80. The van der Waals surface area contributed by atoms with Crippen LogP contribution in [0.1, 0.15) is 29.8 Å². The third-order valence-electron chi connectivity index (χ3n) is 5.22. The van der Waals surface area contributed by atoms with Crippen molar-refractivity contribution in [2.75, 3.05) is 7.11 Å². The SMILES string of the molecule is COc1ccc(-n2ncc([C@H](C)NCc3cc(F)ccc3-n3cccn3)c2C)cc1. The molecule has 6 nitrogen and oxygen atoms in total. The molecule has 1 N–H and O–H groups in total. The van der Waals surface area contributed by atoms with Gasteiger partial charge in [-0.15, -0.1) is 0 Å². The average molecular weight is 405 g/mol. The Bertz CT molecular complexity index is 1120. The van der Waals surface area contributed by atoms with E-state index < -0.39 is 0 Å². The van der Waals surface area contributed by atoms with Crippen molar-refractivity contribution in [3.05, 3.63) is 89.8 Å². The van der Waals surface area contributed by atoms with Gasteiger partial charge in [0.05, 0.1) is 24.7 Å². The Hall–Kier alpha value is -3.45. The molecule has 2 heterocycles. The third kappa shape index (κ3) is 3.97. The molecule has 0 unspecified atom stereocenters. The summed E-state index contributed by atoms with van der Waals surface area (Å²) < 4.78 is 22.7. The van der Waals surface area contributed by atoms with Gasteiger partial charge in [0.25, 0.3) is 0 Å². The van der Waals surface area contributed by atoms with Gasteiger partial charge in [-0.2, -0.15) is 10.2 Å². The number of hydrogen-bond donors (Lipinski definition) is 1. The Morgan fingerprint density at radius 1 is 1.13 bits per heavy atom. The monoisotopic (exact) mass is 405 g/mol. The smallest absolute Gasteiger partial charge is 0.123 e. The van der Waals surface area contributed by atoms with Gasteiger partial charge in [-0.1, -0.05) is 0 Å². The summed E-state index contributed by atoms with van der Waals surface area (Å²) in [6, 6.07) is 14.4. The summed E-state index contributed by atoms with van der Waals surface area (Å²) >= 11 is 0. The second-order valence-corrected chi connectivity index (χ2v) is 7.12. The molecule has 0 amide bonds. The summed E-state index contributed by atoms with van der Waals surface area (Å²) in [5, 5.41) is 12.3. The second-order valence-electron chi connectivity index (χ2n) is 7.12. The number of aromatic nitrogens is 4. The summed E-state index contributed by atoms with van der Waals surface area (Å²) in [4.78, 5) is 0. The molecule has 1 atom stereocenters. The Balaban J connectivity index is 1.52. The van der Waals surface area contributed by atoms with Gasteiger partial charge in [0, 0.05) is 36.2 Å². The molecule has 0 aliphatic rings. The molecule has 2 aromatic heterocycles. The van der Waals surface area contributed by atoms with Crippen molar-refractivity contribution in [2.45, 2.75) is 26.4 Å². The maximum atomic E-state index is 13.9. The predicted octanol–water partition coefficient (Wildman–Crippen LogP) is 4.36. The highest BCUT2D eigenvalue weighted by Gasteiger charge is 2.15. The largest absolute Gasteiger partial charge is 0.497 e. The third-order valence-corrected chi connectivity index (χ3v) is 5.22. The quantitative estimate of drug-likeness (QED) is 0.496. The molecule has 0 radical (unpaired) electrons. The molecule has 0 bridgehead atoms. The molecule has 154 valence electrons. The van der Waals surface area contributed by atoms with Crippen molar-refractivity contribution in [1.29, 1.82) is 0 Å². The highest BCUT2D eigenvalue weighted by molar-refractivity contribution is 5.41. The molecule has 0 aliphatic carbocycles. The van der Waals surface area contributed by atoms with Crippen LogP contribution in [0.3, 0.4) is 0 Å². The van der Waals surface area contributed by atoms with E-state index in [9.17, 15) is 4.39 Å². The van der Waals surface area contributed by atoms with Gasteiger partial charge < -0.3 is 10.1 Å². The Morgan fingerprint density at radius 3 is 2.63 bits per heavy atom. The van der Waals surface area contributed by atoms with E-state index in [1.165, 1.54) is 6.07 Å². The van der Waals surface area contributed by atoms with Crippen LogP contribution in [0, 0.1) is 12.7 Å². The molecule has 4 aromatic rings. The highest BCUT2D eigenvalue weighted by Crippen LogP contribution is 2.23. The van der Waals surface area contributed by atoms with Crippen molar-refractivity contribution < 1.29 is 9.13 Å². The van der Waals surface area contributed by atoms with Crippen LogP contribution < -0.4 is 10.1 Å². The molecule has 0 saturated heterocycles. The minimum Gasteiger partial charge on any atom is -0.497 e. The molecule has 30 heavy (non-hydrogen) atoms. The zero-order valence-electron chi connectivity index (χ0n) is 17.2. The van der Waals surface area contributed by atoms with Crippen molar-refractivity contribution >= 4 is 0 Å². The van der Waals surface area contributed by atoms with Gasteiger partial charge in [-0.25, -0.2) is 13.8 Å². The van der Waals surface area contributed by atoms with Crippen LogP contribution >= 0.6 is 0 Å². The van der Waals surface area contributed by atoms with Crippen molar-refractivity contribution in [1.82, 2.24) is 24.9 Å². The molecule has 0 aliphatic heterocycles. The number of halogens is 1. The number of ether oxygens (including phenoxy) is 1. The number of nitrogens with zero attached hydrogens (tertiary/aromatic N) is 4. The summed E-state index contributed by atoms with van der Waals surface area (Å²) in [7, 11) is 1.65. The molecular weight excluding hydrogens is 381 g/mol. The zero-order chi connectivity index (χ0) is 21.1. The number of benzene rings is 2. The molecule has 2 aromatic carbocycles. The fourth-order valence-electron chi connectivity index (χ4n) is 3.53. The Labute approximate surface area is 174 Å². The summed E-state index contributed by atoms with van der Waals surface area (Å²) in [6.07, 6.45) is 5.43. The van der Waals surface area contributed by atoms with E-state index >= 15 is 0 Å². The molecule has 0 spiro atoms. The lowest BCUT2D eigenvalue weighted by Gasteiger charge is -2.16. The average Bonchev–Trinajstić information content (AvgIpc) is 3.42. The number of methoxy groups -OCH3 is 1. The summed E-state index contributed by atoms with van der Waals surface area (Å²) in [6.45, 7) is 4.62. The van der Waals surface area contributed by atoms with E-state index in [2.05, 4.69) is 22.4 Å². The maximum Gasteiger partial charge on any atom is 0.123 e.